The van der Waals surface area contributed by atoms with E-state index in [4.69, 9.17) is 16.3 Å². The van der Waals surface area contributed by atoms with Gasteiger partial charge in [-0.2, -0.15) is 0 Å². The van der Waals surface area contributed by atoms with Crippen molar-refractivity contribution in [3.05, 3.63) is 94.0 Å². The highest BCUT2D eigenvalue weighted by Crippen LogP contribution is 2.43. The van der Waals surface area contributed by atoms with E-state index in [9.17, 15) is 13.8 Å². The molecule has 1 fully saturated rings. The topological polar surface area (TPSA) is 87.7 Å². The molecule has 9 heteroatoms. The Kier molecular flexibility index (Phi) is 12.6. The molecule has 0 aromatic heterocycles. The zero-order valence-corrected chi connectivity index (χ0v) is 30.2. The van der Waals surface area contributed by atoms with Gasteiger partial charge in [-0.1, -0.05) is 69.0 Å². The van der Waals surface area contributed by atoms with E-state index < -0.39 is 11.0 Å². The maximum atomic E-state index is 13.3. The number of benzene rings is 3. The minimum atomic E-state index is -1.48. The summed E-state index contributed by atoms with van der Waals surface area (Å²) >= 11 is 6.45. The number of hydrogen-bond acceptors (Lipinski definition) is 5. The predicted molar refractivity (Wildman–Crippen MR) is 197 cm³/mol. The maximum absolute atomic E-state index is 13.3. The van der Waals surface area contributed by atoms with E-state index >= 15 is 0 Å². The van der Waals surface area contributed by atoms with Crippen molar-refractivity contribution in [2.24, 2.45) is 11.8 Å². The summed E-state index contributed by atoms with van der Waals surface area (Å²) in [5.74, 6) is 1.16. The van der Waals surface area contributed by atoms with Gasteiger partial charge in [-0.05, 0) is 105 Å². The predicted octanol–water partition coefficient (Wildman–Crippen LogP) is 8.09. The molecule has 1 aliphatic carbocycles. The zero-order valence-electron chi connectivity index (χ0n) is 28.7. The largest absolute Gasteiger partial charge is 0.491 e. The third-order valence-corrected chi connectivity index (χ3v) is 11.3. The highest BCUT2D eigenvalue weighted by atomic mass is 35.5. The molecule has 3 aromatic rings. The van der Waals surface area contributed by atoms with Gasteiger partial charge in [0.15, 0.2) is 0 Å². The van der Waals surface area contributed by atoms with Gasteiger partial charge in [-0.25, -0.2) is 4.21 Å². The molecule has 2 aliphatic rings. The van der Waals surface area contributed by atoms with Crippen molar-refractivity contribution in [2.45, 2.75) is 89.9 Å². The van der Waals surface area contributed by atoms with Crippen LogP contribution in [-0.4, -0.2) is 47.0 Å². The lowest BCUT2D eigenvalue weighted by Gasteiger charge is -2.45. The first-order valence-corrected chi connectivity index (χ1v) is 19.1. The molecule has 2 N–H and O–H groups in total. The minimum absolute atomic E-state index is 0.0171. The van der Waals surface area contributed by atoms with Gasteiger partial charge in [0.05, 0.1) is 12.3 Å². The monoisotopic (exact) mass is 691 g/mol. The van der Waals surface area contributed by atoms with E-state index in [2.05, 4.69) is 40.9 Å². The van der Waals surface area contributed by atoms with Crippen LogP contribution in [0.25, 0.3) is 0 Å². The molecule has 48 heavy (non-hydrogen) atoms. The Bertz CT molecular complexity index is 1580. The van der Waals surface area contributed by atoms with Gasteiger partial charge in [0, 0.05) is 46.4 Å². The number of anilines is 1. The molecule has 1 saturated carbocycles. The number of hydrogen-bond donors (Lipinski definition) is 2. The molecule has 5 unspecified atom stereocenters. The highest BCUT2D eigenvalue weighted by molar-refractivity contribution is 7.84. The molecule has 258 valence electrons. The highest BCUT2D eigenvalue weighted by Gasteiger charge is 2.40. The molecule has 2 amide bonds. The van der Waals surface area contributed by atoms with Gasteiger partial charge in [0.1, 0.15) is 16.7 Å². The fraction of sp³-hybridized carbons (Fsp3) is 0.487. The summed E-state index contributed by atoms with van der Waals surface area (Å²) in [7, 11) is -1.48. The van der Waals surface area contributed by atoms with Gasteiger partial charge in [-0.3, -0.25) is 14.3 Å². The van der Waals surface area contributed by atoms with Gasteiger partial charge in [-0.15, -0.1) is 0 Å². The first kappa shape index (κ1) is 35.9. The molecule has 0 saturated heterocycles. The van der Waals surface area contributed by atoms with Crippen molar-refractivity contribution >= 4 is 40.1 Å². The van der Waals surface area contributed by atoms with Crippen LogP contribution in [0.5, 0.6) is 5.75 Å². The number of unbranched alkanes of at least 4 members (excludes halogenated alkanes) is 1. The van der Waals surface area contributed by atoms with Gasteiger partial charge in [0.25, 0.3) is 11.8 Å². The first-order chi connectivity index (χ1) is 23.2. The van der Waals surface area contributed by atoms with E-state index in [-0.39, 0.29) is 29.0 Å². The summed E-state index contributed by atoms with van der Waals surface area (Å²) in [4.78, 5) is 28.9. The van der Waals surface area contributed by atoms with Crippen molar-refractivity contribution in [2.75, 3.05) is 24.6 Å². The molecule has 0 bridgehead atoms. The Hall–Kier alpha value is -3.36. The van der Waals surface area contributed by atoms with Crippen LogP contribution in [0.2, 0.25) is 5.02 Å². The van der Waals surface area contributed by atoms with Crippen molar-refractivity contribution < 1.29 is 18.5 Å². The van der Waals surface area contributed by atoms with Crippen LogP contribution in [0.15, 0.2) is 66.7 Å². The average molecular weight is 692 g/mol. The molecule has 7 nitrogen and oxygen atoms in total. The van der Waals surface area contributed by atoms with Gasteiger partial charge >= 0.3 is 0 Å². The fourth-order valence-electron chi connectivity index (χ4n) is 7.02. The molecule has 0 spiro atoms. The quantitative estimate of drug-likeness (QED) is 0.178. The van der Waals surface area contributed by atoms with E-state index in [1.165, 1.54) is 11.1 Å². The second kappa shape index (κ2) is 16.8. The van der Waals surface area contributed by atoms with Crippen LogP contribution < -0.4 is 19.7 Å². The van der Waals surface area contributed by atoms with Gasteiger partial charge < -0.3 is 15.0 Å². The Morgan fingerprint density at radius 1 is 0.979 bits per heavy atom. The number of carbonyl (C=O) groups is 2. The van der Waals surface area contributed by atoms with Crippen molar-refractivity contribution in [3.8, 4) is 5.75 Å². The van der Waals surface area contributed by atoms with Crippen LogP contribution in [0.4, 0.5) is 5.69 Å². The number of aryl methyl sites for hydroxylation is 1. The summed E-state index contributed by atoms with van der Waals surface area (Å²) in [5.41, 5.74) is 4.49. The van der Waals surface area contributed by atoms with E-state index in [1.54, 1.807) is 6.07 Å². The second-order valence-corrected chi connectivity index (χ2v) is 15.7. The normalized spacial score (nSPS) is 20.1. The second-order valence-electron chi connectivity index (χ2n) is 13.6. The van der Waals surface area contributed by atoms with Gasteiger partial charge in [0.2, 0.25) is 0 Å². The standard InChI is InChI=1S/C39H50ClN3O4S/c1-5-7-14-35(41-38(44)27-12-9-8-10-13-27)34-18-15-30(34)23-43-24-31(33-19-17-32(40)21-28(33)11-6-2)25-47-37-20-16-29(22-36(37)43)39(45)42-48(46)26(3)4/h8-10,12-13,16-17,19-22,26,30-31,34-35H,5-7,11,14-15,18,23-25H2,1-4H3,(H,41,44)(H,42,45). The SMILES string of the molecule is CCCCC(NC(=O)c1ccccc1)C1CCC1CN1CC(c2ccc(Cl)cc2CCC)COc2ccc(C(=O)NS(=O)C(C)C)cc21. The number of nitrogens with one attached hydrogen (secondary N) is 2. The van der Waals surface area contributed by atoms with Crippen LogP contribution in [0.3, 0.4) is 0 Å². The van der Waals surface area contributed by atoms with Crippen molar-refractivity contribution in [1.29, 1.82) is 0 Å². The molecule has 1 heterocycles. The summed E-state index contributed by atoms with van der Waals surface area (Å²) in [5, 5.41) is 3.95. The first-order valence-electron chi connectivity index (χ1n) is 17.6. The zero-order chi connectivity index (χ0) is 34.2. The number of fused-ring (bicyclic) bond motifs is 1. The molecular weight excluding hydrogens is 642 g/mol. The third kappa shape index (κ3) is 8.80. The van der Waals surface area contributed by atoms with Crippen LogP contribution in [0, 0.1) is 11.8 Å². The molecular formula is C39H50ClN3O4S. The minimum Gasteiger partial charge on any atom is -0.491 e. The lowest BCUT2D eigenvalue weighted by Crippen LogP contribution is -2.50. The fourth-order valence-corrected chi connectivity index (χ4v) is 7.75. The summed E-state index contributed by atoms with van der Waals surface area (Å²) in [6, 6.07) is 21.2. The maximum Gasteiger partial charge on any atom is 0.263 e. The molecule has 3 aromatic carbocycles. The number of amides is 2. The lowest BCUT2D eigenvalue weighted by molar-refractivity contribution is 0.0817. The summed E-state index contributed by atoms with van der Waals surface area (Å²) < 4.78 is 21.6. The average Bonchev–Trinajstić information content (AvgIpc) is 3.25. The Balaban J connectivity index is 1.44. The molecule has 0 radical (unpaired) electrons. The molecule has 5 rings (SSSR count). The Morgan fingerprint density at radius 2 is 1.77 bits per heavy atom. The van der Waals surface area contributed by atoms with E-state index in [1.807, 2.05) is 62.4 Å². The number of ether oxygens (including phenoxy) is 1. The van der Waals surface area contributed by atoms with Crippen LogP contribution in [-0.2, 0) is 17.4 Å². The number of nitrogens with zero attached hydrogens (tertiary/aromatic N) is 1. The summed E-state index contributed by atoms with van der Waals surface area (Å²) in [6.07, 6.45) is 7.15. The summed E-state index contributed by atoms with van der Waals surface area (Å²) in [6.45, 7) is 10.0. The number of halogens is 1. The van der Waals surface area contributed by atoms with E-state index in [0.717, 1.165) is 68.0 Å². The van der Waals surface area contributed by atoms with Crippen molar-refractivity contribution in [3.63, 3.8) is 0 Å². The third-order valence-electron chi connectivity index (χ3n) is 9.80. The Labute approximate surface area is 293 Å². The number of carbonyl (C=O) groups excluding carboxylic acids is 2. The van der Waals surface area contributed by atoms with Crippen LogP contribution in [0.1, 0.15) is 104 Å². The van der Waals surface area contributed by atoms with E-state index in [0.29, 0.717) is 36.1 Å². The Morgan fingerprint density at radius 3 is 2.46 bits per heavy atom. The van der Waals surface area contributed by atoms with Crippen molar-refractivity contribution in [1.82, 2.24) is 10.0 Å². The smallest absolute Gasteiger partial charge is 0.263 e. The molecule has 5 atom stereocenters. The van der Waals surface area contributed by atoms with Crippen LogP contribution >= 0.6 is 11.6 Å². The molecule has 1 aliphatic heterocycles. The number of rotatable bonds is 14. The lowest BCUT2D eigenvalue weighted by atomic mass is 9.68.